The molecule has 3 heteroatoms. The molecule has 0 aromatic carbocycles. The largest absolute Gasteiger partial charge is 0.303 e. The molecule has 0 aliphatic heterocycles. The summed E-state index contributed by atoms with van der Waals surface area (Å²) >= 11 is 0. The first-order valence-corrected chi connectivity index (χ1v) is 23.4. The molecule has 0 bridgehead atoms. The molecule has 0 aromatic rings. The molecule has 0 saturated carbocycles. The van der Waals surface area contributed by atoms with Crippen LogP contribution in [0.5, 0.6) is 0 Å². The smallest absolute Gasteiger partial charge is 0.0113 e. The van der Waals surface area contributed by atoms with Crippen LogP contribution >= 0.6 is 0 Å². The third-order valence-electron chi connectivity index (χ3n) is 11.2. The van der Waals surface area contributed by atoms with E-state index in [0.29, 0.717) is 0 Å². The first kappa shape index (κ1) is 50.8. The van der Waals surface area contributed by atoms with Crippen molar-refractivity contribution in [3.05, 3.63) is 48.6 Å². The van der Waals surface area contributed by atoms with Crippen molar-refractivity contribution in [2.45, 2.75) is 215 Å². The zero-order valence-corrected chi connectivity index (χ0v) is 36.6. The Morgan fingerprint density at radius 2 is 0.635 bits per heavy atom. The minimum absolute atomic E-state index is 0.753. The van der Waals surface area contributed by atoms with E-state index in [0.717, 1.165) is 18.9 Å². The van der Waals surface area contributed by atoms with Crippen LogP contribution in [0.15, 0.2) is 48.6 Å². The van der Waals surface area contributed by atoms with Gasteiger partial charge in [-0.25, -0.2) is 0 Å². The lowest BCUT2D eigenvalue weighted by Crippen LogP contribution is -2.45. The molecule has 0 aliphatic rings. The Bertz CT molecular complexity index is 726. The van der Waals surface area contributed by atoms with Crippen LogP contribution in [0.3, 0.4) is 0 Å². The van der Waals surface area contributed by atoms with Crippen molar-refractivity contribution in [1.82, 2.24) is 14.7 Å². The molecule has 306 valence electrons. The summed E-state index contributed by atoms with van der Waals surface area (Å²) in [6, 6.07) is 0.753. The highest BCUT2D eigenvalue weighted by Crippen LogP contribution is 2.20. The van der Waals surface area contributed by atoms with E-state index in [-0.39, 0.29) is 0 Å². The summed E-state index contributed by atoms with van der Waals surface area (Å²) in [6.07, 6.45) is 53.9. The van der Waals surface area contributed by atoms with E-state index in [1.807, 2.05) is 0 Å². The third kappa shape index (κ3) is 34.6. The highest BCUT2D eigenvalue weighted by Gasteiger charge is 2.19. The molecule has 52 heavy (non-hydrogen) atoms. The van der Waals surface area contributed by atoms with Crippen LogP contribution in [-0.4, -0.2) is 73.1 Å². The lowest BCUT2D eigenvalue weighted by atomic mass is 9.98. The summed E-state index contributed by atoms with van der Waals surface area (Å²) in [6.45, 7) is 23.5. The topological polar surface area (TPSA) is 9.72 Å². The van der Waals surface area contributed by atoms with Crippen molar-refractivity contribution in [2.75, 3.05) is 52.4 Å². The van der Waals surface area contributed by atoms with Crippen LogP contribution in [0.1, 0.15) is 208 Å². The van der Waals surface area contributed by atoms with E-state index in [9.17, 15) is 0 Å². The summed E-state index contributed by atoms with van der Waals surface area (Å²) < 4.78 is 0. The molecule has 0 amide bonds. The Labute approximate surface area is 329 Å². The molecule has 0 saturated heterocycles. The van der Waals surface area contributed by atoms with Crippen molar-refractivity contribution in [3.63, 3.8) is 0 Å². The third-order valence-corrected chi connectivity index (χ3v) is 11.2. The molecule has 0 spiro atoms. The second-order valence-electron chi connectivity index (χ2n) is 15.5. The van der Waals surface area contributed by atoms with E-state index in [1.54, 1.807) is 0 Å². The van der Waals surface area contributed by atoms with E-state index in [4.69, 9.17) is 0 Å². The van der Waals surface area contributed by atoms with Gasteiger partial charge in [0.2, 0.25) is 0 Å². The van der Waals surface area contributed by atoms with Gasteiger partial charge in [-0.3, -0.25) is 4.90 Å². The Hall–Kier alpha value is -1.16. The molecule has 0 aromatic heterocycles. The number of allylic oxidation sites excluding steroid dienone is 8. The van der Waals surface area contributed by atoms with Gasteiger partial charge in [-0.05, 0) is 103 Å². The molecule has 0 radical (unpaired) electrons. The monoisotopic (exact) mass is 726 g/mol. The zero-order chi connectivity index (χ0) is 38.0. The molecule has 0 N–H and O–H groups in total. The van der Waals surface area contributed by atoms with Gasteiger partial charge >= 0.3 is 0 Å². The Morgan fingerprint density at radius 3 is 0.962 bits per heavy atom. The van der Waals surface area contributed by atoms with Crippen molar-refractivity contribution < 1.29 is 0 Å². The van der Waals surface area contributed by atoms with Crippen molar-refractivity contribution >= 4 is 0 Å². The average Bonchev–Trinajstić information content (AvgIpc) is 3.16. The number of likely N-dealkylation sites (N-methyl/N-ethyl adjacent to an activating group) is 2. The Balaban J connectivity index is 4.65. The van der Waals surface area contributed by atoms with Crippen molar-refractivity contribution in [2.24, 2.45) is 0 Å². The van der Waals surface area contributed by atoms with Gasteiger partial charge < -0.3 is 9.80 Å². The van der Waals surface area contributed by atoms with Gasteiger partial charge in [0.05, 0.1) is 0 Å². The van der Waals surface area contributed by atoms with Crippen LogP contribution in [-0.2, 0) is 0 Å². The summed E-state index contributed by atoms with van der Waals surface area (Å²) in [7, 11) is 0. The molecule has 3 nitrogen and oxygen atoms in total. The first-order chi connectivity index (χ1) is 25.7. The van der Waals surface area contributed by atoms with Crippen LogP contribution < -0.4 is 0 Å². The summed E-state index contributed by atoms with van der Waals surface area (Å²) in [5.41, 5.74) is 0. The number of rotatable bonds is 41. The molecular formula is C49H95N3. The number of hydrogen-bond donors (Lipinski definition) is 0. The average molecular weight is 726 g/mol. The fraction of sp³-hybridized carbons (Fsp3) is 0.837. The molecular weight excluding hydrogens is 631 g/mol. The Kier molecular flexibility index (Phi) is 41.6. The highest BCUT2D eigenvalue weighted by atomic mass is 15.2. The van der Waals surface area contributed by atoms with Gasteiger partial charge in [-0.15, -0.1) is 0 Å². The fourth-order valence-corrected chi connectivity index (χ4v) is 7.34. The van der Waals surface area contributed by atoms with Gasteiger partial charge in [-0.1, -0.05) is 180 Å². The van der Waals surface area contributed by atoms with Crippen molar-refractivity contribution in [1.29, 1.82) is 0 Å². The molecule has 0 unspecified atom stereocenters. The van der Waals surface area contributed by atoms with Crippen LogP contribution in [0, 0.1) is 0 Å². The lowest BCUT2D eigenvalue weighted by molar-refractivity contribution is 0.128. The molecule has 0 aliphatic carbocycles. The summed E-state index contributed by atoms with van der Waals surface area (Å²) in [5, 5.41) is 0. The minimum atomic E-state index is 0.753. The molecule has 0 heterocycles. The second kappa shape index (κ2) is 42.6. The van der Waals surface area contributed by atoms with Gasteiger partial charge in [-0.2, -0.15) is 0 Å². The molecule has 0 atom stereocenters. The molecule has 0 rings (SSSR count). The van der Waals surface area contributed by atoms with Crippen molar-refractivity contribution in [3.8, 4) is 0 Å². The van der Waals surface area contributed by atoms with E-state index >= 15 is 0 Å². The van der Waals surface area contributed by atoms with E-state index in [1.165, 1.54) is 206 Å². The van der Waals surface area contributed by atoms with Gasteiger partial charge in [0, 0.05) is 32.2 Å². The maximum atomic E-state index is 2.93. The van der Waals surface area contributed by atoms with E-state index in [2.05, 4.69) is 105 Å². The van der Waals surface area contributed by atoms with Crippen LogP contribution in [0.2, 0.25) is 0 Å². The van der Waals surface area contributed by atoms with Gasteiger partial charge in [0.1, 0.15) is 0 Å². The Morgan fingerprint density at radius 1 is 0.327 bits per heavy atom. The standard InChI is InChI=1S/C49H95N3/c1-7-13-15-17-19-21-23-25-27-29-31-33-35-37-39-41-43-49(52(47-45-50(9-3)10-4)48-46-51(11-5)12-6)44-42-40-38-36-34-32-30-28-26-24-22-20-18-16-14-8-2/h19-22,25-28,49H,7-18,23-24,29-48H2,1-6H3/b21-19-,22-20-,27-25-,28-26-. The molecule has 0 fully saturated rings. The first-order valence-electron chi connectivity index (χ1n) is 23.4. The quantitative estimate of drug-likeness (QED) is 0.0459. The zero-order valence-electron chi connectivity index (χ0n) is 36.6. The van der Waals surface area contributed by atoms with Gasteiger partial charge in [0.25, 0.3) is 0 Å². The maximum absolute atomic E-state index is 2.93. The van der Waals surface area contributed by atoms with Gasteiger partial charge in [0.15, 0.2) is 0 Å². The SMILES string of the molecule is CCCCC/C=C\C/C=C\CCCCCCCCC(CCCCCCCC/C=C\C/C=C\CCCCC)N(CCN(CC)CC)CCN(CC)CC. The van der Waals surface area contributed by atoms with E-state index < -0.39 is 0 Å². The predicted molar refractivity (Wildman–Crippen MR) is 239 cm³/mol. The fourth-order valence-electron chi connectivity index (χ4n) is 7.34. The van der Waals surface area contributed by atoms with Crippen LogP contribution in [0.4, 0.5) is 0 Å². The number of nitrogens with zero attached hydrogens (tertiary/aromatic N) is 3. The summed E-state index contributed by atoms with van der Waals surface area (Å²) in [5.74, 6) is 0. The minimum Gasteiger partial charge on any atom is -0.303 e. The predicted octanol–water partition coefficient (Wildman–Crippen LogP) is 14.7. The maximum Gasteiger partial charge on any atom is 0.0113 e. The number of hydrogen-bond acceptors (Lipinski definition) is 3. The normalized spacial score (nSPS) is 12.7. The summed E-state index contributed by atoms with van der Waals surface area (Å²) in [4.78, 5) is 8.18. The van der Waals surface area contributed by atoms with Crippen LogP contribution in [0.25, 0.3) is 0 Å². The lowest BCUT2D eigenvalue weighted by Gasteiger charge is -2.35. The highest BCUT2D eigenvalue weighted by molar-refractivity contribution is 4.93. The number of unbranched alkanes of at least 4 members (excludes halogenated alkanes) is 18. The second-order valence-corrected chi connectivity index (χ2v) is 15.5.